The van der Waals surface area contributed by atoms with E-state index in [0.29, 0.717) is 17.4 Å². The Morgan fingerprint density at radius 2 is 1.85 bits per heavy atom. The molecule has 0 N–H and O–H groups in total. The number of rotatable bonds is 4. The highest BCUT2D eigenvalue weighted by atomic mass is 32.2. The molecule has 1 atom stereocenters. The third-order valence-electron chi connectivity index (χ3n) is 5.60. The fourth-order valence-electron chi connectivity index (χ4n) is 4.23. The van der Waals surface area contributed by atoms with E-state index in [0.717, 1.165) is 50.5 Å². The highest BCUT2D eigenvalue weighted by Gasteiger charge is 2.35. The van der Waals surface area contributed by atoms with E-state index in [9.17, 15) is 8.42 Å². The van der Waals surface area contributed by atoms with Crippen molar-refractivity contribution in [3.05, 3.63) is 47.5 Å². The number of benzene rings is 1. The van der Waals surface area contributed by atoms with Crippen molar-refractivity contribution in [2.75, 3.05) is 24.6 Å². The number of nitrogens with zero attached hydrogens (tertiary/aromatic N) is 4. The number of aromatic nitrogens is 3. The van der Waals surface area contributed by atoms with Gasteiger partial charge in [0.2, 0.25) is 0 Å². The van der Waals surface area contributed by atoms with Crippen molar-refractivity contribution in [1.29, 1.82) is 0 Å². The molecule has 0 bridgehead atoms. The van der Waals surface area contributed by atoms with Gasteiger partial charge in [-0.05, 0) is 44.8 Å². The van der Waals surface area contributed by atoms with Gasteiger partial charge in [-0.2, -0.15) is 5.10 Å². The van der Waals surface area contributed by atoms with Gasteiger partial charge in [0.05, 0.1) is 18.1 Å². The van der Waals surface area contributed by atoms with Crippen molar-refractivity contribution < 1.29 is 8.42 Å². The molecule has 2 saturated heterocycles. The molecule has 2 fully saturated rings. The molecular weight excluding hydrogens is 348 g/mol. The molecule has 7 heteroatoms. The van der Waals surface area contributed by atoms with Gasteiger partial charge in [-0.3, -0.25) is 4.90 Å². The fourth-order valence-corrected chi connectivity index (χ4v) is 5.99. The van der Waals surface area contributed by atoms with Gasteiger partial charge < -0.3 is 0 Å². The number of likely N-dealkylation sites (tertiary alicyclic amines) is 1. The van der Waals surface area contributed by atoms with Crippen molar-refractivity contribution in [3.8, 4) is 0 Å². The summed E-state index contributed by atoms with van der Waals surface area (Å²) in [5, 5.41) is 4.61. The molecule has 0 radical (unpaired) electrons. The van der Waals surface area contributed by atoms with E-state index in [1.165, 1.54) is 5.56 Å². The Kier molecular flexibility index (Phi) is 4.84. The van der Waals surface area contributed by atoms with Gasteiger partial charge >= 0.3 is 0 Å². The Bertz CT molecular complexity index is 855. The number of hydrogen-bond donors (Lipinski definition) is 0. The van der Waals surface area contributed by atoms with Gasteiger partial charge in [0.25, 0.3) is 0 Å². The SMILES string of the molecule is Cc1nc(C2CCN(C3CCS(=O)(=O)C3)CC2)n(Cc2ccccc2)n1. The van der Waals surface area contributed by atoms with Gasteiger partial charge in [0, 0.05) is 12.0 Å². The van der Waals surface area contributed by atoms with Crippen LogP contribution in [-0.4, -0.2) is 58.7 Å². The topological polar surface area (TPSA) is 68.1 Å². The maximum Gasteiger partial charge on any atom is 0.151 e. The lowest BCUT2D eigenvalue weighted by atomic mass is 9.94. The minimum absolute atomic E-state index is 0.213. The zero-order chi connectivity index (χ0) is 18.1. The van der Waals surface area contributed by atoms with Crippen LogP contribution in [-0.2, 0) is 16.4 Å². The molecule has 6 nitrogen and oxygen atoms in total. The summed E-state index contributed by atoms with van der Waals surface area (Å²) < 4.78 is 25.5. The first kappa shape index (κ1) is 17.7. The molecule has 0 amide bonds. The average Bonchev–Trinajstić information content (AvgIpc) is 3.18. The van der Waals surface area contributed by atoms with Crippen molar-refractivity contribution in [3.63, 3.8) is 0 Å². The monoisotopic (exact) mass is 374 g/mol. The first-order valence-corrected chi connectivity index (χ1v) is 11.2. The molecule has 1 aromatic heterocycles. The minimum atomic E-state index is -2.82. The Morgan fingerprint density at radius 1 is 1.12 bits per heavy atom. The molecule has 3 heterocycles. The molecule has 0 aliphatic carbocycles. The molecule has 1 unspecified atom stereocenters. The second-order valence-corrected chi connectivity index (χ2v) is 9.76. The predicted molar refractivity (Wildman–Crippen MR) is 101 cm³/mol. The second-order valence-electron chi connectivity index (χ2n) is 7.53. The summed E-state index contributed by atoms with van der Waals surface area (Å²) in [6, 6.07) is 10.6. The molecule has 2 aliphatic heterocycles. The molecule has 2 aromatic rings. The number of hydrogen-bond acceptors (Lipinski definition) is 5. The lowest BCUT2D eigenvalue weighted by Gasteiger charge is -2.35. The molecular formula is C19H26N4O2S. The summed E-state index contributed by atoms with van der Waals surface area (Å²) in [6.45, 7) is 4.59. The van der Waals surface area contributed by atoms with Gasteiger partial charge in [-0.15, -0.1) is 0 Å². The van der Waals surface area contributed by atoms with Crippen LogP contribution < -0.4 is 0 Å². The molecule has 0 spiro atoms. The van der Waals surface area contributed by atoms with Crippen LogP contribution in [0.2, 0.25) is 0 Å². The zero-order valence-electron chi connectivity index (χ0n) is 15.2. The Hall–Kier alpha value is -1.73. The van der Waals surface area contributed by atoms with E-state index in [2.05, 4.69) is 22.1 Å². The van der Waals surface area contributed by atoms with E-state index in [4.69, 9.17) is 4.98 Å². The van der Waals surface area contributed by atoms with E-state index >= 15 is 0 Å². The van der Waals surface area contributed by atoms with Crippen LogP contribution in [0.4, 0.5) is 0 Å². The molecule has 4 rings (SSSR count). The first-order valence-electron chi connectivity index (χ1n) is 9.40. The standard InChI is InChI=1S/C19H26N4O2S/c1-15-20-19(23(21-15)13-16-5-3-2-4-6-16)17-7-10-22(11-8-17)18-9-12-26(24,25)14-18/h2-6,17-18H,7-14H2,1H3. The average molecular weight is 375 g/mol. The first-order chi connectivity index (χ1) is 12.5. The Balaban J connectivity index is 1.43. The third kappa shape index (κ3) is 3.83. The van der Waals surface area contributed by atoms with Crippen LogP contribution in [0.3, 0.4) is 0 Å². The molecule has 2 aliphatic rings. The molecule has 26 heavy (non-hydrogen) atoms. The van der Waals surface area contributed by atoms with Gasteiger partial charge in [-0.25, -0.2) is 18.1 Å². The number of sulfone groups is 1. The number of aryl methyl sites for hydroxylation is 1. The summed E-state index contributed by atoms with van der Waals surface area (Å²) in [5.41, 5.74) is 1.23. The molecule has 0 saturated carbocycles. The van der Waals surface area contributed by atoms with Crippen LogP contribution in [0.25, 0.3) is 0 Å². The quantitative estimate of drug-likeness (QED) is 0.819. The molecule has 1 aromatic carbocycles. The van der Waals surface area contributed by atoms with Crippen LogP contribution in [0.5, 0.6) is 0 Å². The van der Waals surface area contributed by atoms with E-state index in [1.807, 2.05) is 29.8 Å². The predicted octanol–water partition coefficient (Wildman–Crippen LogP) is 2.00. The van der Waals surface area contributed by atoms with Crippen LogP contribution in [0.1, 0.15) is 42.4 Å². The lowest BCUT2D eigenvalue weighted by Crippen LogP contribution is -2.42. The largest absolute Gasteiger partial charge is 0.299 e. The summed E-state index contributed by atoms with van der Waals surface area (Å²) in [5.74, 6) is 2.97. The molecule has 140 valence electrons. The fraction of sp³-hybridized carbons (Fsp3) is 0.579. The Labute approximate surface area is 155 Å². The highest BCUT2D eigenvalue weighted by molar-refractivity contribution is 7.91. The zero-order valence-corrected chi connectivity index (χ0v) is 16.0. The smallest absolute Gasteiger partial charge is 0.151 e. The van der Waals surface area contributed by atoms with Gasteiger partial charge in [0.15, 0.2) is 9.84 Å². The van der Waals surface area contributed by atoms with Crippen molar-refractivity contribution in [2.24, 2.45) is 0 Å². The van der Waals surface area contributed by atoms with Gasteiger partial charge in [-0.1, -0.05) is 30.3 Å². The van der Waals surface area contributed by atoms with Crippen LogP contribution in [0.15, 0.2) is 30.3 Å². The highest BCUT2D eigenvalue weighted by Crippen LogP contribution is 2.30. The maximum absolute atomic E-state index is 11.7. The normalized spacial score (nSPS) is 24.1. The van der Waals surface area contributed by atoms with Crippen LogP contribution >= 0.6 is 0 Å². The summed E-state index contributed by atoms with van der Waals surface area (Å²) >= 11 is 0. The van der Waals surface area contributed by atoms with Crippen molar-refractivity contribution in [2.45, 2.75) is 44.7 Å². The summed E-state index contributed by atoms with van der Waals surface area (Å²) in [4.78, 5) is 7.08. The third-order valence-corrected chi connectivity index (χ3v) is 7.35. The second kappa shape index (κ2) is 7.12. The number of piperidine rings is 1. The van der Waals surface area contributed by atoms with E-state index in [-0.39, 0.29) is 6.04 Å². The van der Waals surface area contributed by atoms with Crippen molar-refractivity contribution >= 4 is 9.84 Å². The van der Waals surface area contributed by atoms with E-state index < -0.39 is 9.84 Å². The summed E-state index contributed by atoms with van der Waals surface area (Å²) in [6.07, 6.45) is 2.82. The maximum atomic E-state index is 11.7. The van der Waals surface area contributed by atoms with E-state index in [1.54, 1.807) is 0 Å². The minimum Gasteiger partial charge on any atom is -0.299 e. The lowest BCUT2D eigenvalue weighted by molar-refractivity contribution is 0.161. The Morgan fingerprint density at radius 3 is 2.50 bits per heavy atom. The summed E-state index contributed by atoms with van der Waals surface area (Å²) in [7, 11) is -2.82. The van der Waals surface area contributed by atoms with Gasteiger partial charge in [0.1, 0.15) is 11.6 Å². The van der Waals surface area contributed by atoms with Crippen molar-refractivity contribution in [1.82, 2.24) is 19.7 Å². The van der Waals surface area contributed by atoms with Crippen LogP contribution in [0, 0.1) is 6.92 Å².